The van der Waals surface area contributed by atoms with Crippen molar-refractivity contribution in [3.63, 3.8) is 0 Å². The van der Waals surface area contributed by atoms with Crippen LogP contribution in [0.3, 0.4) is 0 Å². The average molecular weight is 421 g/mol. The lowest BCUT2D eigenvalue weighted by Crippen LogP contribution is -1.87. The molecule has 0 spiro atoms. The number of para-hydroxylation sites is 1. The molecule has 0 aliphatic heterocycles. The Balaban J connectivity index is 0.000000171. The van der Waals surface area contributed by atoms with Crippen LogP contribution in [0.5, 0.6) is 0 Å². The van der Waals surface area contributed by atoms with Gasteiger partial charge in [-0.05, 0) is 35.9 Å². The van der Waals surface area contributed by atoms with Crippen LogP contribution in [0.15, 0.2) is 103 Å². The van der Waals surface area contributed by atoms with Gasteiger partial charge in [0.2, 0.25) is 0 Å². The summed E-state index contributed by atoms with van der Waals surface area (Å²) in [5.41, 5.74) is 6.51. The molecule has 150 valence electrons. The van der Waals surface area contributed by atoms with Gasteiger partial charge >= 0.3 is 0 Å². The first-order chi connectivity index (χ1) is 15.3. The maximum atomic E-state index is 4.73. The molecule has 0 radical (unpaired) electrons. The van der Waals surface area contributed by atoms with E-state index in [-0.39, 0.29) is 0 Å². The Bertz CT molecular complexity index is 1320. The van der Waals surface area contributed by atoms with Crippen molar-refractivity contribution in [1.29, 1.82) is 0 Å². The molecule has 4 aromatic heterocycles. The van der Waals surface area contributed by atoms with Crippen molar-refractivity contribution in [2.24, 2.45) is 0 Å². The van der Waals surface area contributed by atoms with Gasteiger partial charge in [-0.3, -0.25) is 9.97 Å². The van der Waals surface area contributed by atoms with Crippen molar-refractivity contribution in [3.05, 3.63) is 114 Å². The molecule has 0 bridgehead atoms. The first kappa shape index (κ1) is 19.2. The highest BCUT2D eigenvalue weighted by Gasteiger charge is 2.09. The van der Waals surface area contributed by atoms with E-state index < -0.39 is 0 Å². The van der Waals surface area contributed by atoms with Crippen LogP contribution in [0.2, 0.25) is 0 Å². The fraction of sp³-hybridized carbons (Fsp3) is 0.0385. The minimum atomic E-state index is 0.871. The van der Waals surface area contributed by atoms with Gasteiger partial charge in [-0.1, -0.05) is 54.6 Å². The van der Waals surface area contributed by atoms with Gasteiger partial charge in [0.25, 0.3) is 0 Å². The zero-order valence-corrected chi connectivity index (χ0v) is 17.6. The summed E-state index contributed by atoms with van der Waals surface area (Å²) in [6.45, 7) is 0. The molecule has 6 rings (SSSR count). The Hall–Kier alpha value is -3.83. The Kier molecular flexibility index (Phi) is 5.50. The molecule has 0 aliphatic rings. The highest BCUT2D eigenvalue weighted by molar-refractivity contribution is 7.13. The summed E-state index contributed by atoms with van der Waals surface area (Å²) in [5, 5.41) is 4.34. The lowest BCUT2D eigenvalue weighted by atomic mass is 10.1. The summed E-state index contributed by atoms with van der Waals surface area (Å²) in [4.78, 5) is 16.6. The van der Waals surface area contributed by atoms with Crippen molar-refractivity contribution in [2.75, 3.05) is 0 Å². The molecule has 4 nitrogen and oxygen atoms in total. The van der Waals surface area contributed by atoms with Crippen molar-refractivity contribution in [1.82, 2.24) is 19.9 Å². The van der Waals surface area contributed by atoms with E-state index in [1.54, 1.807) is 11.3 Å². The molecule has 0 saturated carbocycles. The van der Waals surface area contributed by atoms with Gasteiger partial charge < -0.3 is 4.98 Å². The number of thiazole rings is 1. The largest absolute Gasteiger partial charge is 0.351 e. The van der Waals surface area contributed by atoms with Gasteiger partial charge in [0, 0.05) is 29.6 Å². The van der Waals surface area contributed by atoms with Crippen LogP contribution >= 0.6 is 11.3 Å². The van der Waals surface area contributed by atoms with Crippen LogP contribution < -0.4 is 0 Å². The van der Waals surface area contributed by atoms with E-state index in [4.69, 9.17) is 4.98 Å². The number of aromatic nitrogens is 4. The van der Waals surface area contributed by atoms with Crippen LogP contribution in [-0.2, 0) is 6.42 Å². The number of nitrogens with one attached hydrogen (secondary N) is 1. The number of rotatable bonds is 3. The second-order valence-electron chi connectivity index (χ2n) is 7.12. The predicted molar refractivity (Wildman–Crippen MR) is 128 cm³/mol. The van der Waals surface area contributed by atoms with Crippen molar-refractivity contribution in [2.45, 2.75) is 6.42 Å². The molecule has 31 heavy (non-hydrogen) atoms. The molecular formula is C26H20N4S. The molecule has 6 aromatic rings. The molecule has 0 atom stereocenters. The Morgan fingerprint density at radius 3 is 2.32 bits per heavy atom. The van der Waals surface area contributed by atoms with Crippen LogP contribution in [0.4, 0.5) is 0 Å². The monoisotopic (exact) mass is 420 g/mol. The van der Waals surface area contributed by atoms with Gasteiger partial charge in [0.15, 0.2) is 0 Å². The van der Waals surface area contributed by atoms with Crippen LogP contribution in [0.25, 0.3) is 32.6 Å². The van der Waals surface area contributed by atoms with Gasteiger partial charge in [-0.15, -0.1) is 11.3 Å². The minimum absolute atomic E-state index is 0.871. The summed E-state index contributed by atoms with van der Waals surface area (Å²) in [7, 11) is 0. The van der Waals surface area contributed by atoms with Gasteiger partial charge in [-0.25, -0.2) is 4.98 Å². The quantitative estimate of drug-likeness (QED) is 0.355. The number of hydrogen-bond acceptors (Lipinski definition) is 4. The third kappa shape index (κ3) is 4.52. The molecule has 5 heteroatoms. The highest BCUT2D eigenvalue weighted by Crippen LogP contribution is 2.26. The first-order valence-electron chi connectivity index (χ1n) is 10.1. The molecule has 0 fully saturated rings. The molecule has 0 amide bonds. The zero-order valence-electron chi connectivity index (χ0n) is 16.8. The third-order valence-electron chi connectivity index (χ3n) is 4.91. The van der Waals surface area contributed by atoms with Crippen molar-refractivity contribution >= 4 is 33.3 Å². The summed E-state index contributed by atoms with van der Waals surface area (Å²) in [6.07, 6.45) is 4.49. The Labute approximate surface area is 184 Å². The highest BCUT2D eigenvalue weighted by atomic mass is 32.1. The Morgan fingerprint density at radius 1 is 0.742 bits per heavy atom. The molecule has 0 saturated heterocycles. The second kappa shape index (κ2) is 8.90. The SMILES string of the molecule is c1ccc(Cc2csc(-c3cc4ncccc4[nH]3)n2)cc1.c1ccc2ncccc2c1. The number of pyridine rings is 2. The maximum Gasteiger partial charge on any atom is 0.140 e. The van der Waals surface area contributed by atoms with Gasteiger partial charge in [0.1, 0.15) is 5.01 Å². The smallest absolute Gasteiger partial charge is 0.140 e. The first-order valence-corrected chi connectivity index (χ1v) is 11.0. The van der Waals surface area contributed by atoms with Crippen molar-refractivity contribution < 1.29 is 0 Å². The zero-order chi connectivity index (χ0) is 20.9. The summed E-state index contributed by atoms with van der Waals surface area (Å²) in [6, 6.07) is 28.5. The van der Waals surface area contributed by atoms with Crippen LogP contribution in [-0.4, -0.2) is 19.9 Å². The second-order valence-corrected chi connectivity index (χ2v) is 7.98. The summed E-state index contributed by atoms with van der Waals surface area (Å²) >= 11 is 1.67. The van der Waals surface area contributed by atoms with E-state index >= 15 is 0 Å². The fourth-order valence-corrected chi connectivity index (χ4v) is 4.19. The number of hydrogen-bond donors (Lipinski definition) is 1. The third-order valence-corrected chi connectivity index (χ3v) is 5.84. The number of aromatic amines is 1. The molecule has 4 heterocycles. The van der Waals surface area contributed by atoms with Gasteiger partial charge in [0.05, 0.1) is 27.9 Å². The standard InChI is InChI=1S/C17H13N3S.C9H7N/c1-2-5-12(6-3-1)9-13-11-21-17(19-13)16-10-15-14(20-16)7-4-8-18-15;1-2-6-9-8(4-1)5-3-7-10-9/h1-8,10-11,20H,9H2;1-7H. The normalized spacial score (nSPS) is 10.7. The predicted octanol–water partition coefficient (Wildman–Crippen LogP) is 6.51. The minimum Gasteiger partial charge on any atom is -0.351 e. The van der Waals surface area contributed by atoms with E-state index in [0.717, 1.165) is 39.4 Å². The number of nitrogens with zero attached hydrogens (tertiary/aromatic N) is 3. The van der Waals surface area contributed by atoms with E-state index in [0.29, 0.717) is 0 Å². The lowest BCUT2D eigenvalue weighted by Gasteiger charge is -1.96. The van der Waals surface area contributed by atoms with E-state index in [2.05, 4.69) is 62.8 Å². The average Bonchev–Trinajstić information content (AvgIpc) is 3.47. The molecular weight excluding hydrogens is 400 g/mol. The molecule has 0 unspecified atom stereocenters. The lowest BCUT2D eigenvalue weighted by molar-refractivity contribution is 1.11. The van der Waals surface area contributed by atoms with Crippen LogP contribution in [0, 0.1) is 0 Å². The Morgan fingerprint density at radius 2 is 1.48 bits per heavy atom. The molecule has 1 N–H and O–H groups in total. The van der Waals surface area contributed by atoms with Crippen LogP contribution in [0.1, 0.15) is 11.3 Å². The van der Waals surface area contributed by atoms with E-state index in [1.165, 1.54) is 10.9 Å². The summed E-state index contributed by atoms with van der Waals surface area (Å²) in [5.74, 6) is 0. The van der Waals surface area contributed by atoms with E-state index in [1.807, 2.05) is 54.9 Å². The molecule has 2 aromatic carbocycles. The maximum absolute atomic E-state index is 4.73. The fourth-order valence-electron chi connectivity index (χ4n) is 3.40. The summed E-state index contributed by atoms with van der Waals surface area (Å²) < 4.78 is 0. The number of benzene rings is 2. The topological polar surface area (TPSA) is 54.5 Å². The van der Waals surface area contributed by atoms with Crippen molar-refractivity contribution in [3.8, 4) is 10.7 Å². The number of fused-ring (bicyclic) bond motifs is 2. The van der Waals surface area contributed by atoms with Gasteiger partial charge in [-0.2, -0.15) is 0 Å². The number of H-pyrrole nitrogens is 1. The van der Waals surface area contributed by atoms with E-state index in [9.17, 15) is 0 Å². The molecule has 0 aliphatic carbocycles.